The number of fused-ring (bicyclic) bond motifs is 1. The summed E-state index contributed by atoms with van der Waals surface area (Å²) in [6.45, 7) is 4.22. The molecule has 2 heterocycles. The molecule has 5 heteroatoms. The fourth-order valence-corrected chi connectivity index (χ4v) is 1.38. The van der Waals surface area contributed by atoms with Crippen molar-refractivity contribution in [3.63, 3.8) is 0 Å². The number of rotatable bonds is 2. The second kappa shape index (κ2) is 3.25. The van der Waals surface area contributed by atoms with Crippen LogP contribution >= 0.6 is 0 Å². The number of aromatic nitrogens is 4. The fourth-order valence-electron chi connectivity index (χ4n) is 1.38. The van der Waals surface area contributed by atoms with Crippen LogP contribution in [0.5, 0.6) is 0 Å². The van der Waals surface area contributed by atoms with Gasteiger partial charge in [-0.15, -0.1) is 0 Å². The number of nitrogens with zero attached hydrogens (tertiary/aromatic N) is 4. The lowest BCUT2D eigenvalue weighted by Crippen LogP contribution is -2.06. The number of nitrogen functional groups attached to an aromatic ring is 1. The van der Waals surface area contributed by atoms with Gasteiger partial charge in [-0.25, -0.2) is 14.6 Å². The van der Waals surface area contributed by atoms with E-state index in [1.807, 2.05) is 4.68 Å². The molecule has 0 fully saturated rings. The van der Waals surface area contributed by atoms with Gasteiger partial charge in [0.25, 0.3) is 0 Å². The molecular weight excluding hydrogens is 178 g/mol. The van der Waals surface area contributed by atoms with Crippen molar-refractivity contribution < 1.29 is 0 Å². The van der Waals surface area contributed by atoms with Gasteiger partial charge in [-0.1, -0.05) is 6.92 Å². The van der Waals surface area contributed by atoms with Gasteiger partial charge in [0.15, 0.2) is 5.65 Å². The van der Waals surface area contributed by atoms with Gasteiger partial charge >= 0.3 is 0 Å². The Morgan fingerprint density at radius 1 is 1.50 bits per heavy atom. The lowest BCUT2D eigenvalue weighted by atomic mass is 10.3. The van der Waals surface area contributed by atoms with Crippen molar-refractivity contribution in [1.29, 1.82) is 0 Å². The van der Waals surface area contributed by atoms with E-state index in [0.29, 0.717) is 11.9 Å². The molecule has 2 N–H and O–H groups in total. The Bertz CT molecular complexity index is 447. The van der Waals surface area contributed by atoms with Crippen LogP contribution in [0.2, 0.25) is 0 Å². The summed E-state index contributed by atoms with van der Waals surface area (Å²) >= 11 is 0. The molecule has 0 aliphatic heterocycles. The van der Waals surface area contributed by atoms with Gasteiger partial charge in [0.2, 0.25) is 0 Å². The van der Waals surface area contributed by atoms with Gasteiger partial charge in [0, 0.05) is 0 Å². The van der Waals surface area contributed by atoms with Gasteiger partial charge < -0.3 is 5.73 Å². The molecule has 2 aromatic rings. The Labute approximate surface area is 82.0 Å². The molecule has 0 saturated heterocycles. The van der Waals surface area contributed by atoms with Crippen molar-refractivity contribution in [2.24, 2.45) is 0 Å². The summed E-state index contributed by atoms with van der Waals surface area (Å²) in [6.07, 6.45) is 4.20. The summed E-state index contributed by atoms with van der Waals surface area (Å²) in [6, 6.07) is 0.335. The highest BCUT2D eigenvalue weighted by molar-refractivity contribution is 5.84. The van der Waals surface area contributed by atoms with E-state index in [4.69, 9.17) is 5.73 Å². The van der Waals surface area contributed by atoms with Crippen LogP contribution in [0.1, 0.15) is 26.3 Å². The molecule has 2 aromatic heterocycles. The van der Waals surface area contributed by atoms with Crippen molar-refractivity contribution in [1.82, 2.24) is 19.7 Å². The van der Waals surface area contributed by atoms with Gasteiger partial charge in [-0.2, -0.15) is 5.10 Å². The van der Waals surface area contributed by atoms with Crippen molar-refractivity contribution >= 4 is 16.9 Å². The van der Waals surface area contributed by atoms with Crippen molar-refractivity contribution in [3.8, 4) is 0 Å². The standard InChI is InChI=1S/C9H13N5/c1-3-6(2)14-9-7(4-13-14)8(10)11-5-12-9/h4-6H,3H2,1-2H3,(H2,10,11,12)/t6-/m0/s1. The molecule has 0 bridgehead atoms. The van der Waals surface area contributed by atoms with Crippen LogP contribution in [0.4, 0.5) is 5.82 Å². The highest BCUT2D eigenvalue weighted by Crippen LogP contribution is 2.19. The Morgan fingerprint density at radius 2 is 2.29 bits per heavy atom. The van der Waals surface area contributed by atoms with Crippen LogP contribution in [0, 0.1) is 0 Å². The molecule has 2 rings (SSSR count). The van der Waals surface area contributed by atoms with Crippen LogP contribution in [-0.2, 0) is 0 Å². The molecule has 0 unspecified atom stereocenters. The molecule has 5 nitrogen and oxygen atoms in total. The van der Waals surface area contributed by atoms with Crippen molar-refractivity contribution in [2.45, 2.75) is 26.3 Å². The number of nitrogens with two attached hydrogens (primary N) is 1. The minimum atomic E-state index is 0.335. The smallest absolute Gasteiger partial charge is 0.163 e. The van der Waals surface area contributed by atoms with Crippen LogP contribution in [0.25, 0.3) is 11.0 Å². The van der Waals surface area contributed by atoms with E-state index in [2.05, 4.69) is 28.9 Å². The monoisotopic (exact) mass is 191 g/mol. The minimum Gasteiger partial charge on any atom is -0.383 e. The highest BCUT2D eigenvalue weighted by Gasteiger charge is 2.10. The summed E-state index contributed by atoms with van der Waals surface area (Å²) in [7, 11) is 0. The van der Waals surface area contributed by atoms with Crippen LogP contribution in [0.15, 0.2) is 12.5 Å². The highest BCUT2D eigenvalue weighted by atomic mass is 15.3. The second-order valence-corrected chi connectivity index (χ2v) is 3.34. The Hall–Kier alpha value is -1.65. The number of anilines is 1. The summed E-state index contributed by atoms with van der Waals surface area (Å²) < 4.78 is 1.88. The zero-order valence-electron chi connectivity index (χ0n) is 8.31. The van der Waals surface area contributed by atoms with Crippen LogP contribution in [0.3, 0.4) is 0 Å². The second-order valence-electron chi connectivity index (χ2n) is 3.34. The first-order valence-electron chi connectivity index (χ1n) is 4.67. The third kappa shape index (κ3) is 1.21. The van der Waals surface area contributed by atoms with Gasteiger partial charge in [0.1, 0.15) is 12.1 Å². The predicted molar refractivity (Wildman–Crippen MR) is 54.7 cm³/mol. The predicted octanol–water partition coefficient (Wildman–Crippen LogP) is 1.38. The minimum absolute atomic E-state index is 0.335. The van der Waals surface area contributed by atoms with Gasteiger partial charge in [-0.3, -0.25) is 0 Å². The van der Waals surface area contributed by atoms with E-state index in [1.165, 1.54) is 6.33 Å². The first-order valence-corrected chi connectivity index (χ1v) is 4.67. The van der Waals surface area contributed by atoms with Crippen LogP contribution < -0.4 is 5.73 Å². The maximum absolute atomic E-state index is 5.71. The summed E-state index contributed by atoms with van der Waals surface area (Å²) in [5, 5.41) is 5.09. The average molecular weight is 191 g/mol. The first kappa shape index (κ1) is 8.93. The van der Waals surface area contributed by atoms with E-state index < -0.39 is 0 Å². The lowest BCUT2D eigenvalue weighted by Gasteiger charge is -2.09. The Morgan fingerprint density at radius 3 is 3.00 bits per heavy atom. The molecule has 0 radical (unpaired) electrons. The molecule has 1 atom stereocenters. The molecule has 74 valence electrons. The zero-order chi connectivity index (χ0) is 10.1. The van der Waals surface area contributed by atoms with Crippen molar-refractivity contribution in [3.05, 3.63) is 12.5 Å². The van der Waals surface area contributed by atoms with E-state index in [1.54, 1.807) is 6.20 Å². The normalized spacial score (nSPS) is 13.3. The average Bonchev–Trinajstić information content (AvgIpc) is 2.62. The third-order valence-electron chi connectivity index (χ3n) is 2.43. The number of hydrogen-bond donors (Lipinski definition) is 1. The molecule has 0 spiro atoms. The van der Waals surface area contributed by atoms with E-state index in [0.717, 1.165) is 17.5 Å². The topological polar surface area (TPSA) is 69.6 Å². The maximum Gasteiger partial charge on any atom is 0.163 e. The summed E-state index contributed by atoms with van der Waals surface area (Å²) in [4.78, 5) is 8.10. The largest absolute Gasteiger partial charge is 0.383 e. The molecule has 0 aromatic carbocycles. The molecule has 0 aliphatic rings. The summed E-state index contributed by atoms with van der Waals surface area (Å²) in [5.74, 6) is 0.490. The first-order chi connectivity index (χ1) is 6.74. The molecular formula is C9H13N5. The van der Waals surface area contributed by atoms with Crippen molar-refractivity contribution in [2.75, 3.05) is 5.73 Å². The quantitative estimate of drug-likeness (QED) is 0.778. The van der Waals surface area contributed by atoms with Gasteiger partial charge in [-0.05, 0) is 13.3 Å². The van der Waals surface area contributed by atoms with E-state index in [9.17, 15) is 0 Å². The molecule has 0 saturated carbocycles. The van der Waals surface area contributed by atoms with Gasteiger partial charge in [0.05, 0.1) is 17.6 Å². The number of hydrogen-bond acceptors (Lipinski definition) is 4. The Balaban J connectivity index is 2.63. The van der Waals surface area contributed by atoms with Crippen LogP contribution in [-0.4, -0.2) is 19.7 Å². The third-order valence-corrected chi connectivity index (χ3v) is 2.43. The maximum atomic E-state index is 5.71. The Kier molecular flexibility index (Phi) is 2.07. The molecule has 0 amide bonds. The molecule has 14 heavy (non-hydrogen) atoms. The van der Waals surface area contributed by atoms with E-state index >= 15 is 0 Å². The SMILES string of the molecule is CC[C@H](C)n1ncc2c(N)ncnc21. The zero-order valence-corrected chi connectivity index (χ0v) is 8.31. The fraction of sp³-hybridized carbons (Fsp3) is 0.444. The molecule has 0 aliphatic carbocycles. The van der Waals surface area contributed by atoms with E-state index in [-0.39, 0.29) is 0 Å². The summed E-state index contributed by atoms with van der Waals surface area (Å²) in [5.41, 5.74) is 6.52. The lowest BCUT2D eigenvalue weighted by molar-refractivity contribution is 0.489.